The van der Waals surface area contributed by atoms with Gasteiger partial charge >= 0.3 is 0 Å². The zero-order valence-corrected chi connectivity index (χ0v) is 17.0. The molecule has 1 aliphatic heterocycles. The van der Waals surface area contributed by atoms with Crippen LogP contribution in [-0.4, -0.2) is 72.2 Å². The van der Waals surface area contributed by atoms with Crippen LogP contribution >= 0.6 is 0 Å². The van der Waals surface area contributed by atoms with Gasteiger partial charge in [0.2, 0.25) is 0 Å². The van der Waals surface area contributed by atoms with Crippen molar-refractivity contribution in [3.63, 3.8) is 0 Å². The molecule has 0 spiro atoms. The number of carbonyl (C=O) groups is 1. The predicted molar refractivity (Wildman–Crippen MR) is 114 cm³/mol. The first-order valence-corrected chi connectivity index (χ1v) is 10.1. The van der Waals surface area contributed by atoms with Crippen molar-refractivity contribution in [1.29, 1.82) is 0 Å². The largest absolute Gasteiger partial charge is 0.380 e. The van der Waals surface area contributed by atoms with E-state index in [4.69, 9.17) is 9.72 Å². The average molecular weight is 393 g/mol. The van der Waals surface area contributed by atoms with E-state index in [1.807, 2.05) is 42.7 Å². The first-order valence-electron chi connectivity index (χ1n) is 10.1. The number of anilines is 1. The second-order valence-corrected chi connectivity index (χ2v) is 7.62. The number of ether oxygens (including phenoxy) is 1. The molecule has 4 bridgehead atoms. The fraction of sp³-hybridized carbons (Fsp3) is 0.409. The van der Waals surface area contributed by atoms with Crippen LogP contribution in [0.3, 0.4) is 0 Å². The third-order valence-corrected chi connectivity index (χ3v) is 5.19. The first-order chi connectivity index (χ1) is 14.1. The molecule has 0 radical (unpaired) electrons. The Balaban J connectivity index is 1.77. The maximum absolute atomic E-state index is 12.6. The molecule has 4 rings (SSSR count). The molecule has 1 aromatic carbocycles. The van der Waals surface area contributed by atoms with E-state index < -0.39 is 0 Å². The van der Waals surface area contributed by atoms with Crippen molar-refractivity contribution >= 4 is 17.2 Å². The Hall–Kier alpha value is -2.77. The summed E-state index contributed by atoms with van der Waals surface area (Å²) in [6.07, 6.45) is 4.98. The highest BCUT2D eigenvalue weighted by Crippen LogP contribution is 2.26. The Morgan fingerprint density at radius 2 is 2.03 bits per heavy atom. The molecular formula is C22H27N5O2. The SMILES string of the molecule is CN(C)CCN1CCOCCCC(=O)c2cccc(c2)-c2cnn3ccc1nc23. The summed E-state index contributed by atoms with van der Waals surface area (Å²) in [5.41, 5.74) is 3.40. The van der Waals surface area contributed by atoms with Gasteiger partial charge in [0.25, 0.3) is 0 Å². The minimum atomic E-state index is 0.142. The molecule has 0 aliphatic carbocycles. The third kappa shape index (κ3) is 4.46. The van der Waals surface area contributed by atoms with Gasteiger partial charge in [-0.1, -0.05) is 18.2 Å². The number of fused-ring (bicyclic) bond motifs is 4. The molecule has 0 fully saturated rings. The number of aromatic nitrogens is 3. The van der Waals surface area contributed by atoms with Gasteiger partial charge in [0.05, 0.1) is 12.8 Å². The molecule has 2 aromatic heterocycles. The molecule has 29 heavy (non-hydrogen) atoms. The number of hydrogen-bond acceptors (Lipinski definition) is 6. The molecule has 3 aromatic rings. The Morgan fingerprint density at radius 3 is 2.90 bits per heavy atom. The summed E-state index contributed by atoms with van der Waals surface area (Å²) in [4.78, 5) is 21.9. The second-order valence-electron chi connectivity index (χ2n) is 7.62. The number of rotatable bonds is 3. The van der Waals surface area contributed by atoms with Gasteiger partial charge in [-0.3, -0.25) is 4.79 Å². The summed E-state index contributed by atoms with van der Waals surface area (Å²) in [5, 5.41) is 4.46. The number of ketones is 1. The van der Waals surface area contributed by atoms with E-state index in [1.165, 1.54) is 0 Å². The molecule has 1 aliphatic rings. The lowest BCUT2D eigenvalue weighted by atomic mass is 10.0. The van der Waals surface area contributed by atoms with Crippen molar-refractivity contribution in [2.24, 2.45) is 0 Å². The lowest BCUT2D eigenvalue weighted by molar-refractivity contribution is 0.0942. The van der Waals surface area contributed by atoms with Gasteiger partial charge in [-0.15, -0.1) is 0 Å². The number of Topliss-reactive ketones (excluding diaryl/α,β-unsaturated/α-hetero) is 1. The molecule has 0 amide bonds. The predicted octanol–water partition coefficient (Wildman–Crippen LogP) is 2.76. The molecule has 0 saturated heterocycles. The lowest BCUT2D eigenvalue weighted by Crippen LogP contribution is -2.35. The number of benzene rings is 1. The van der Waals surface area contributed by atoms with Crippen LogP contribution in [0.15, 0.2) is 42.7 Å². The van der Waals surface area contributed by atoms with Crippen LogP contribution in [0, 0.1) is 0 Å². The molecular weight excluding hydrogens is 366 g/mol. The maximum Gasteiger partial charge on any atom is 0.165 e. The van der Waals surface area contributed by atoms with Crippen molar-refractivity contribution in [2.75, 3.05) is 51.8 Å². The molecule has 0 atom stereocenters. The summed E-state index contributed by atoms with van der Waals surface area (Å²) >= 11 is 0. The zero-order valence-electron chi connectivity index (χ0n) is 17.0. The van der Waals surface area contributed by atoms with Crippen molar-refractivity contribution in [2.45, 2.75) is 12.8 Å². The minimum absolute atomic E-state index is 0.142. The maximum atomic E-state index is 12.6. The highest BCUT2D eigenvalue weighted by molar-refractivity contribution is 5.97. The van der Waals surface area contributed by atoms with Gasteiger partial charge in [-0.2, -0.15) is 5.10 Å². The van der Waals surface area contributed by atoms with Crippen LogP contribution in [0.5, 0.6) is 0 Å². The number of carbonyl (C=O) groups excluding carboxylic acids is 1. The minimum Gasteiger partial charge on any atom is -0.380 e. The quantitative estimate of drug-likeness (QED) is 0.682. The topological polar surface area (TPSA) is 63.0 Å². The summed E-state index contributed by atoms with van der Waals surface area (Å²) in [7, 11) is 4.14. The number of likely N-dealkylation sites (N-methyl/N-ethyl adjacent to an activating group) is 1. The summed E-state index contributed by atoms with van der Waals surface area (Å²) < 4.78 is 7.59. The van der Waals surface area contributed by atoms with Gasteiger partial charge in [-0.25, -0.2) is 9.50 Å². The van der Waals surface area contributed by atoms with Crippen LogP contribution in [0.25, 0.3) is 16.8 Å². The smallest absolute Gasteiger partial charge is 0.165 e. The van der Waals surface area contributed by atoms with Crippen LogP contribution in [0.1, 0.15) is 23.2 Å². The van der Waals surface area contributed by atoms with E-state index >= 15 is 0 Å². The van der Waals surface area contributed by atoms with Crippen molar-refractivity contribution in [3.05, 3.63) is 48.3 Å². The van der Waals surface area contributed by atoms with E-state index in [-0.39, 0.29) is 5.78 Å². The average Bonchev–Trinajstić information content (AvgIpc) is 3.15. The van der Waals surface area contributed by atoms with Crippen LogP contribution in [-0.2, 0) is 4.74 Å². The van der Waals surface area contributed by atoms with Gasteiger partial charge in [0.1, 0.15) is 5.82 Å². The van der Waals surface area contributed by atoms with Crippen molar-refractivity contribution in [3.8, 4) is 11.1 Å². The second kappa shape index (κ2) is 8.71. The van der Waals surface area contributed by atoms with Crippen LogP contribution < -0.4 is 4.90 Å². The highest BCUT2D eigenvalue weighted by Gasteiger charge is 2.15. The summed E-state index contributed by atoms with van der Waals surface area (Å²) in [5.74, 6) is 1.05. The fourth-order valence-corrected chi connectivity index (χ4v) is 3.52. The Bertz CT molecular complexity index is 998. The highest BCUT2D eigenvalue weighted by atomic mass is 16.5. The van der Waals surface area contributed by atoms with Gasteiger partial charge in [0, 0.05) is 50.0 Å². The number of hydrogen-bond donors (Lipinski definition) is 0. The lowest BCUT2D eigenvalue weighted by Gasteiger charge is -2.25. The molecule has 0 unspecified atom stereocenters. The van der Waals surface area contributed by atoms with Gasteiger partial charge in [-0.05, 0) is 38.2 Å². The molecule has 152 valence electrons. The van der Waals surface area contributed by atoms with Crippen molar-refractivity contribution in [1.82, 2.24) is 19.5 Å². The van der Waals surface area contributed by atoms with Crippen molar-refractivity contribution < 1.29 is 9.53 Å². The third-order valence-electron chi connectivity index (χ3n) is 5.19. The molecule has 0 N–H and O–H groups in total. The van der Waals surface area contributed by atoms with E-state index in [0.29, 0.717) is 19.6 Å². The van der Waals surface area contributed by atoms with Crippen LogP contribution in [0.4, 0.5) is 5.82 Å². The molecule has 7 nitrogen and oxygen atoms in total. The number of nitrogens with zero attached hydrogens (tertiary/aromatic N) is 5. The molecule has 3 heterocycles. The van der Waals surface area contributed by atoms with E-state index in [1.54, 1.807) is 4.52 Å². The Morgan fingerprint density at radius 1 is 1.17 bits per heavy atom. The standard InChI is InChI=1S/C22H27N5O2/c1-25(2)10-11-26-12-14-29-13-4-7-20(28)18-6-3-5-17(15-18)19-16-23-27-9-8-21(26)24-22(19)27/h3,5-6,8-9,15-16H,4,7,10-14H2,1-2H3. The van der Waals surface area contributed by atoms with Gasteiger partial charge < -0.3 is 14.5 Å². The van der Waals surface area contributed by atoms with Crippen LogP contribution in [0.2, 0.25) is 0 Å². The molecule has 0 saturated carbocycles. The zero-order chi connectivity index (χ0) is 20.2. The first kappa shape index (κ1) is 19.5. The van der Waals surface area contributed by atoms with Gasteiger partial charge in [0.15, 0.2) is 11.4 Å². The normalized spacial score (nSPS) is 15.7. The summed E-state index contributed by atoms with van der Waals surface area (Å²) in [6, 6.07) is 9.74. The van der Waals surface area contributed by atoms with E-state index in [9.17, 15) is 4.79 Å². The molecule has 7 heteroatoms. The van der Waals surface area contributed by atoms with E-state index in [0.717, 1.165) is 54.2 Å². The van der Waals surface area contributed by atoms with E-state index in [2.05, 4.69) is 29.0 Å². The summed E-state index contributed by atoms with van der Waals surface area (Å²) in [6.45, 7) is 3.73. The monoisotopic (exact) mass is 393 g/mol. The fourth-order valence-electron chi connectivity index (χ4n) is 3.52. The Labute approximate surface area is 170 Å². The Kier molecular flexibility index (Phi) is 5.87.